The summed E-state index contributed by atoms with van der Waals surface area (Å²) in [6.07, 6.45) is 3.60. The number of benzene rings is 1. The number of fused-ring (bicyclic) bond motifs is 3. The zero-order valence-corrected chi connectivity index (χ0v) is 9.40. The fourth-order valence-corrected chi connectivity index (χ4v) is 2.29. The van der Waals surface area contributed by atoms with E-state index in [2.05, 4.69) is 38.0 Å². The van der Waals surface area contributed by atoms with Crippen LogP contribution in [0.3, 0.4) is 0 Å². The summed E-state index contributed by atoms with van der Waals surface area (Å²) in [5, 5.41) is 2.28. The second-order valence-corrected chi connectivity index (χ2v) is 4.18. The fourth-order valence-electron chi connectivity index (χ4n) is 1.76. The molecule has 1 aromatic carbocycles. The topological polar surface area (TPSA) is 25.8 Å². The first-order valence-electron chi connectivity index (χ1n) is 4.64. The molecule has 3 heteroatoms. The molecule has 3 rings (SSSR count). The van der Waals surface area contributed by atoms with Crippen molar-refractivity contribution in [2.24, 2.45) is 0 Å². The van der Waals surface area contributed by atoms with E-state index in [-0.39, 0.29) is 0 Å². The molecule has 0 radical (unpaired) electrons. The molecule has 2 aromatic heterocycles. The Labute approximate surface area is 95.1 Å². The number of nitrogens with zero attached hydrogens (tertiary/aromatic N) is 2. The molecule has 2 nitrogen and oxygen atoms in total. The molecule has 0 aliphatic rings. The average Bonchev–Trinajstić information content (AvgIpc) is 2.30. The maximum Gasteiger partial charge on any atom is 0.0851 e. The summed E-state index contributed by atoms with van der Waals surface area (Å²) in [5.74, 6) is 0. The van der Waals surface area contributed by atoms with E-state index in [0.717, 1.165) is 26.3 Å². The quantitative estimate of drug-likeness (QED) is 0.577. The molecule has 2 heterocycles. The lowest BCUT2D eigenvalue weighted by molar-refractivity contribution is 1.38. The molecule has 0 atom stereocenters. The summed E-state index contributed by atoms with van der Waals surface area (Å²) in [4.78, 5) is 8.69. The Morgan fingerprint density at radius 3 is 2.53 bits per heavy atom. The summed E-state index contributed by atoms with van der Waals surface area (Å²) >= 11 is 3.52. The highest BCUT2D eigenvalue weighted by molar-refractivity contribution is 9.10. The van der Waals surface area contributed by atoms with Crippen molar-refractivity contribution in [3.63, 3.8) is 0 Å². The van der Waals surface area contributed by atoms with Crippen LogP contribution in [0.4, 0.5) is 0 Å². The van der Waals surface area contributed by atoms with Crippen molar-refractivity contribution in [2.45, 2.75) is 0 Å². The predicted octanol–water partition coefficient (Wildman–Crippen LogP) is 3.55. The molecule has 0 saturated carbocycles. The molecule has 0 fully saturated rings. The van der Waals surface area contributed by atoms with Crippen LogP contribution in [0, 0.1) is 0 Å². The van der Waals surface area contributed by atoms with E-state index in [1.807, 2.05) is 18.2 Å². The van der Waals surface area contributed by atoms with E-state index in [9.17, 15) is 0 Å². The van der Waals surface area contributed by atoms with Gasteiger partial charge in [-0.25, -0.2) is 0 Å². The van der Waals surface area contributed by atoms with Gasteiger partial charge in [0, 0.05) is 27.6 Å². The zero-order chi connectivity index (χ0) is 10.3. The fraction of sp³-hybridized carbons (Fsp3) is 0. The Kier molecular flexibility index (Phi) is 1.92. The van der Waals surface area contributed by atoms with Gasteiger partial charge in [0.05, 0.1) is 11.0 Å². The van der Waals surface area contributed by atoms with Crippen molar-refractivity contribution < 1.29 is 0 Å². The first-order chi connectivity index (χ1) is 7.36. The van der Waals surface area contributed by atoms with Gasteiger partial charge in [0.15, 0.2) is 0 Å². The van der Waals surface area contributed by atoms with E-state index in [1.165, 1.54) is 0 Å². The minimum absolute atomic E-state index is 0.984. The number of aromatic nitrogens is 2. The molecule has 72 valence electrons. The molecule has 0 aliphatic heterocycles. The second kappa shape index (κ2) is 3.28. The molecule has 0 unspecified atom stereocenters. The van der Waals surface area contributed by atoms with E-state index in [0.29, 0.717) is 0 Å². The minimum atomic E-state index is 0.984. The average molecular weight is 259 g/mol. The van der Waals surface area contributed by atoms with E-state index in [1.54, 1.807) is 12.4 Å². The Morgan fingerprint density at radius 2 is 1.67 bits per heavy atom. The summed E-state index contributed by atoms with van der Waals surface area (Å²) < 4.78 is 0.990. The van der Waals surface area contributed by atoms with Gasteiger partial charge in [-0.2, -0.15) is 0 Å². The molecule has 0 bridgehead atoms. The van der Waals surface area contributed by atoms with Gasteiger partial charge in [0.25, 0.3) is 0 Å². The van der Waals surface area contributed by atoms with Crippen molar-refractivity contribution >= 4 is 37.7 Å². The molecule has 0 spiro atoms. The molecule has 15 heavy (non-hydrogen) atoms. The molecular weight excluding hydrogens is 252 g/mol. The van der Waals surface area contributed by atoms with Gasteiger partial charge in [-0.3, -0.25) is 9.97 Å². The lowest BCUT2D eigenvalue weighted by atomic mass is 10.1. The highest BCUT2D eigenvalue weighted by atomic mass is 79.9. The SMILES string of the molecule is Brc1cc2ncccc2c2cccnc12. The zero-order valence-electron chi connectivity index (χ0n) is 7.81. The number of rotatable bonds is 0. The monoisotopic (exact) mass is 258 g/mol. The number of hydrogen-bond donors (Lipinski definition) is 0. The van der Waals surface area contributed by atoms with Gasteiger partial charge in [0.2, 0.25) is 0 Å². The van der Waals surface area contributed by atoms with E-state index in [4.69, 9.17) is 0 Å². The number of halogens is 1. The Bertz CT molecular complexity index is 649. The Balaban J connectivity index is 2.64. The number of hydrogen-bond acceptors (Lipinski definition) is 2. The van der Waals surface area contributed by atoms with Crippen LogP contribution in [0.25, 0.3) is 21.8 Å². The van der Waals surface area contributed by atoms with Crippen molar-refractivity contribution in [3.8, 4) is 0 Å². The van der Waals surface area contributed by atoms with Crippen LogP contribution in [0.2, 0.25) is 0 Å². The van der Waals surface area contributed by atoms with Crippen LogP contribution in [-0.2, 0) is 0 Å². The summed E-state index contributed by atoms with van der Waals surface area (Å²) in [5.41, 5.74) is 1.97. The van der Waals surface area contributed by atoms with Crippen LogP contribution < -0.4 is 0 Å². The normalized spacial score (nSPS) is 11.0. The molecule has 0 saturated heterocycles. The van der Waals surface area contributed by atoms with Crippen LogP contribution in [0.5, 0.6) is 0 Å². The van der Waals surface area contributed by atoms with Crippen LogP contribution in [0.15, 0.2) is 47.2 Å². The van der Waals surface area contributed by atoms with Gasteiger partial charge >= 0.3 is 0 Å². The highest BCUT2D eigenvalue weighted by Crippen LogP contribution is 2.28. The summed E-state index contributed by atoms with van der Waals surface area (Å²) in [6, 6.07) is 10.0. The van der Waals surface area contributed by atoms with Crippen molar-refractivity contribution in [2.75, 3.05) is 0 Å². The third-order valence-electron chi connectivity index (χ3n) is 2.43. The highest BCUT2D eigenvalue weighted by Gasteiger charge is 2.04. The van der Waals surface area contributed by atoms with Crippen LogP contribution in [-0.4, -0.2) is 9.97 Å². The predicted molar refractivity (Wildman–Crippen MR) is 64.7 cm³/mol. The Hall–Kier alpha value is -1.48. The molecule has 3 aromatic rings. The van der Waals surface area contributed by atoms with Crippen molar-refractivity contribution in [3.05, 3.63) is 47.2 Å². The third kappa shape index (κ3) is 1.31. The second-order valence-electron chi connectivity index (χ2n) is 3.33. The minimum Gasteiger partial charge on any atom is -0.256 e. The molecule has 0 aliphatic carbocycles. The summed E-state index contributed by atoms with van der Waals surface area (Å²) in [7, 11) is 0. The van der Waals surface area contributed by atoms with Gasteiger partial charge in [-0.15, -0.1) is 0 Å². The molecular formula is C12H7BrN2. The Morgan fingerprint density at radius 1 is 0.933 bits per heavy atom. The van der Waals surface area contributed by atoms with Gasteiger partial charge in [0.1, 0.15) is 0 Å². The van der Waals surface area contributed by atoms with Gasteiger partial charge in [-0.05, 0) is 34.1 Å². The van der Waals surface area contributed by atoms with E-state index >= 15 is 0 Å². The smallest absolute Gasteiger partial charge is 0.0851 e. The standard InChI is InChI=1S/C12H7BrN2/c13-10-7-11-8(3-1-5-14-11)9-4-2-6-15-12(9)10/h1-7H. The lowest BCUT2D eigenvalue weighted by Gasteiger charge is -2.03. The van der Waals surface area contributed by atoms with E-state index < -0.39 is 0 Å². The first-order valence-corrected chi connectivity index (χ1v) is 5.43. The largest absolute Gasteiger partial charge is 0.256 e. The van der Waals surface area contributed by atoms with Crippen molar-refractivity contribution in [1.29, 1.82) is 0 Å². The first kappa shape index (κ1) is 8.80. The maximum absolute atomic E-state index is 4.36. The van der Waals surface area contributed by atoms with Crippen LogP contribution in [0.1, 0.15) is 0 Å². The number of pyridine rings is 2. The van der Waals surface area contributed by atoms with Gasteiger partial charge in [-0.1, -0.05) is 12.1 Å². The van der Waals surface area contributed by atoms with Crippen molar-refractivity contribution in [1.82, 2.24) is 9.97 Å². The lowest BCUT2D eigenvalue weighted by Crippen LogP contribution is -1.84. The van der Waals surface area contributed by atoms with Gasteiger partial charge < -0.3 is 0 Å². The third-order valence-corrected chi connectivity index (χ3v) is 3.03. The molecule has 0 N–H and O–H groups in total. The molecule has 0 amide bonds. The summed E-state index contributed by atoms with van der Waals surface area (Å²) in [6.45, 7) is 0. The van der Waals surface area contributed by atoms with Crippen LogP contribution >= 0.6 is 15.9 Å². The maximum atomic E-state index is 4.36.